The van der Waals surface area contributed by atoms with Gasteiger partial charge in [0.1, 0.15) is 13.2 Å². The highest BCUT2D eigenvalue weighted by atomic mass is 16.6. The fourth-order valence-corrected chi connectivity index (χ4v) is 8.24. The third-order valence-corrected chi connectivity index (χ3v) is 12.7. The van der Waals surface area contributed by atoms with Crippen molar-refractivity contribution in [3.05, 3.63) is 109 Å². The molecule has 416 valence electrons. The standard InChI is InChI=1S/C67H112O6/c1-4-7-10-13-16-19-22-25-28-31-32-33-34-37-39-42-45-48-51-54-57-60-66(69)72-63-64(73-67(70)61-58-55-52-49-46-43-40-36-30-27-24-21-18-15-12-9-6-3)62-71-65(68)59-56-53-50-47-44-41-38-35-29-26-23-20-17-14-11-8-5-2/h7,9-10,12,16-21,25-30,32-33,64H,4-6,8,11,13-15,22-24,31,34-63H2,1-3H3/b10-7-,12-9-,19-16-,20-17-,21-18-,28-25-,29-26-,30-27-,33-32-. The van der Waals surface area contributed by atoms with Gasteiger partial charge in [-0.3, -0.25) is 14.4 Å². The van der Waals surface area contributed by atoms with Crippen LogP contribution in [0.5, 0.6) is 0 Å². The number of ether oxygens (including phenoxy) is 3. The first-order valence-corrected chi connectivity index (χ1v) is 30.4. The van der Waals surface area contributed by atoms with E-state index in [0.29, 0.717) is 19.3 Å². The van der Waals surface area contributed by atoms with Gasteiger partial charge < -0.3 is 14.2 Å². The third kappa shape index (κ3) is 58.8. The predicted octanol–water partition coefficient (Wildman–Crippen LogP) is 20.7. The monoisotopic (exact) mass is 1010 g/mol. The molecule has 0 fully saturated rings. The number of unbranched alkanes of at least 4 members (excludes halogenated alkanes) is 25. The fourth-order valence-electron chi connectivity index (χ4n) is 8.24. The molecule has 0 saturated carbocycles. The van der Waals surface area contributed by atoms with E-state index in [1.54, 1.807) is 0 Å². The van der Waals surface area contributed by atoms with Crippen LogP contribution in [0.15, 0.2) is 109 Å². The number of hydrogen-bond acceptors (Lipinski definition) is 6. The highest BCUT2D eigenvalue weighted by molar-refractivity contribution is 5.71. The molecule has 1 atom stereocenters. The van der Waals surface area contributed by atoms with Gasteiger partial charge in [0.2, 0.25) is 0 Å². The van der Waals surface area contributed by atoms with E-state index in [2.05, 4.69) is 130 Å². The van der Waals surface area contributed by atoms with Crippen LogP contribution in [0.25, 0.3) is 0 Å². The summed E-state index contributed by atoms with van der Waals surface area (Å²) < 4.78 is 16.9. The summed E-state index contributed by atoms with van der Waals surface area (Å²) in [6, 6.07) is 0. The van der Waals surface area contributed by atoms with Gasteiger partial charge in [0, 0.05) is 19.3 Å². The Kier molecular flexibility index (Phi) is 57.4. The quantitative estimate of drug-likeness (QED) is 0.0261. The molecule has 0 radical (unpaired) electrons. The van der Waals surface area contributed by atoms with Crippen LogP contribution >= 0.6 is 0 Å². The van der Waals surface area contributed by atoms with Crippen molar-refractivity contribution in [1.82, 2.24) is 0 Å². The summed E-state index contributed by atoms with van der Waals surface area (Å²) in [4.78, 5) is 38.3. The molecule has 0 aliphatic rings. The van der Waals surface area contributed by atoms with Gasteiger partial charge in [-0.15, -0.1) is 0 Å². The lowest BCUT2D eigenvalue weighted by atomic mass is 10.1. The number of hydrogen-bond donors (Lipinski definition) is 0. The Morgan fingerprint density at radius 3 is 0.836 bits per heavy atom. The molecule has 0 heterocycles. The van der Waals surface area contributed by atoms with Crippen molar-refractivity contribution >= 4 is 17.9 Å². The van der Waals surface area contributed by atoms with Crippen LogP contribution in [0.2, 0.25) is 0 Å². The van der Waals surface area contributed by atoms with E-state index >= 15 is 0 Å². The van der Waals surface area contributed by atoms with Crippen molar-refractivity contribution in [3.63, 3.8) is 0 Å². The van der Waals surface area contributed by atoms with E-state index < -0.39 is 6.10 Å². The zero-order valence-corrected chi connectivity index (χ0v) is 47.6. The van der Waals surface area contributed by atoms with Gasteiger partial charge in [0.25, 0.3) is 0 Å². The highest BCUT2D eigenvalue weighted by Gasteiger charge is 2.19. The van der Waals surface area contributed by atoms with Crippen LogP contribution in [0.4, 0.5) is 0 Å². The molecule has 0 saturated heterocycles. The first kappa shape index (κ1) is 69.1. The number of rotatable bonds is 54. The maximum atomic E-state index is 12.9. The Morgan fingerprint density at radius 1 is 0.288 bits per heavy atom. The lowest BCUT2D eigenvalue weighted by molar-refractivity contribution is -0.167. The predicted molar refractivity (Wildman–Crippen MR) is 316 cm³/mol. The van der Waals surface area contributed by atoms with E-state index in [9.17, 15) is 14.4 Å². The normalized spacial score (nSPS) is 12.9. The second kappa shape index (κ2) is 60.6. The van der Waals surface area contributed by atoms with Crippen LogP contribution < -0.4 is 0 Å². The van der Waals surface area contributed by atoms with Crippen molar-refractivity contribution in [1.29, 1.82) is 0 Å². The number of allylic oxidation sites excluding steroid dienone is 18. The molecular formula is C67H112O6. The van der Waals surface area contributed by atoms with Crippen LogP contribution in [-0.2, 0) is 28.6 Å². The summed E-state index contributed by atoms with van der Waals surface area (Å²) in [6.07, 6.45) is 82.2. The largest absolute Gasteiger partial charge is 0.462 e. The lowest BCUT2D eigenvalue weighted by Gasteiger charge is -2.18. The topological polar surface area (TPSA) is 78.9 Å². The fraction of sp³-hybridized carbons (Fsp3) is 0.687. The molecule has 0 aromatic rings. The molecule has 0 aliphatic carbocycles. The second-order valence-corrected chi connectivity index (χ2v) is 19.8. The molecule has 73 heavy (non-hydrogen) atoms. The average Bonchev–Trinajstić information content (AvgIpc) is 3.39. The summed E-state index contributed by atoms with van der Waals surface area (Å²) in [6.45, 7) is 6.38. The number of carbonyl (C=O) groups excluding carboxylic acids is 3. The molecule has 0 rings (SSSR count). The van der Waals surface area contributed by atoms with Crippen LogP contribution in [0, 0.1) is 0 Å². The molecule has 0 bridgehead atoms. The molecule has 6 nitrogen and oxygen atoms in total. The lowest BCUT2D eigenvalue weighted by Crippen LogP contribution is -2.30. The molecule has 0 aliphatic heterocycles. The summed E-state index contributed by atoms with van der Waals surface area (Å²) in [5.74, 6) is -0.910. The highest BCUT2D eigenvalue weighted by Crippen LogP contribution is 2.15. The van der Waals surface area contributed by atoms with Crippen LogP contribution in [0.1, 0.15) is 278 Å². The third-order valence-electron chi connectivity index (χ3n) is 12.7. The molecule has 1 unspecified atom stereocenters. The molecule has 0 amide bonds. The second-order valence-electron chi connectivity index (χ2n) is 19.8. The first-order valence-electron chi connectivity index (χ1n) is 30.4. The Morgan fingerprint density at radius 2 is 0.534 bits per heavy atom. The number of esters is 3. The van der Waals surface area contributed by atoms with Crippen LogP contribution in [-0.4, -0.2) is 37.2 Å². The van der Waals surface area contributed by atoms with Gasteiger partial charge in [0.05, 0.1) is 0 Å². The maximum Gasteiger partial charge on any atom is 0.306 e. The van der Waals surface area contributed by atoms with Crippen molar-refractivity contribution in [2.45, 2.75) is 284 Å². The SMILES string of the molecule is CC/C=C\C/C=C\C/C=C\C/C=C\CCCCCCCCCCC(=O)OCC(COC(=O)CCCCCCCCC/C=C\C/C=C\CCCCC)OC(=O)CCCCCCCCC/C=C\C/C=C\C/C=C\CC. The summed E-state index contributed by atoms with van der Waals surface area (Å²) in [5.41, 5.74) is 0. The van der Waals surface area contributed by atoms with Gasteiger partial charge in [-0.1, -0.05) is 246 Å². The summed E-state index contributed by atoms with van der Waals surface area (Å²) >= 11 is 0. The molecule has 6 heteroatoms. The minimum Gasteiger partial charge on any atom is -0.462 e. The van der Waals surface area contributed by atoms with E-state index in [0.717, 1.165) is 128 Å². The van der Waals surface area contributed by atoms with E-state index in [-0.39, 0.29) is 31.1 Å². The van der Waals surface area contributed by atoms with Crippen molar-refractivity contribution in [2.24, 2.45) is 0 Å². The van der Waals surface area contributed by atoms with Crippen molar-refractivity contribution < 1.29 is 28.6 Å². The van der Waals surface area contributed by atoms with E-state index in [1.807, 2.05) is 0 Å². The zero-order chi connectivity index (χ0) is 52.9. The number of carbonyl (C=O) groups is 3. The van der Waals surface area contributed by atoms with Gasteiger partial charge in [-0.2, -0.15) is 0 Å². The van der Waals surface area contributed by atoms with E-state index in [1.165, 1.54) is 109 Å². The van der Waals surface area contributed by atoms with Gasteiger partial charge in [0.15, 0.2) is 6.10 Å². The molecule has 0 aromatic carbocycles. The van der Waals surface area contributed by atoms with Crippen molar-refractivity contribution in [2.75, 3.05) is 13.2 Å². The smallest absolute Gasteiger partial charge is 0.306 e. The molecular weight excluding hydrogens is 901 g/mol. The van der Waals surface area contributed by atoms with Crippen LogP contribution in [0.3, 0.4) is 0 Å². The Bertz CT molecular complexity index is 1490. The maximum absolute atomic E-state index is 12.9. The molecule has 0 aromatic heterocycles. The molecule has 0 spiro atoms. The van der Waals surface area contributed by atoms with Gasteiger partial charge >= 0.3 is 17.9 Å². The van der Waals surface area contributed by atoms with Gasteiger partial charge in [-0.25, -0.2) is 0 Å². The summed E-state index contributed by atoms with van der Waals surface area (Å²) in [5, 5.41) is 0. The van der Waals surface area contributed by atoms with E-state index in [4.69, 9.17) is 14.2 Å². The zero-order valence-electron chi connectivity index (χ0n) is 47.6. The Hall–Kier alpha value is -3.93. The summed E-state index contributed by atoms with van der Waals surface area (Å²) in [7, 11) is 0. The molecule has 0 N–H and O–H groups in total. The first-order chi connectivity index (χ1) is 36.0. The minimum absolute atomic E-state index is 0.0898. The average molecular weight is 1010 g/mol. The Balaban J connectivity index is 4.42. The van der Waals surface area contributed by atoms with Crippen molar-refractivity contribution in [3.8, 4) is 0 Å². The Labute approximate surface area is 450 Å². The van der Waals surface area contributed by atoms with Gasteiger partial charge in [-0.05, 0) is 122 Å². The minimum atomic E-state index is -0.793.